The molecule has 1 amide bonds. The van der Waals surface area contributed by atoms with Crippen molar-refractivity contribution in [3.63, 3.8) is 0 Å². The number of anilines is 1. The lowest BCUT2D eigenvalue weighted by Crippen LogP contribution is -2.25. The number of rotatable bonds is 7. The Balaban J connectivity index is 2.37. The molecule has 0 aliphatic carbocycles. The fraction of sp³-hybridized carbons (Fsp3) is 0.462. The molecule has 0 aromatic heterocycles. The van der Waals surface area contributed by atoms with Gasteiger partial charge in [-0.25, -0.2) is 0 Å². The van der Waals surface area contributed by atoms with Crippen LogP contribution in [0.1, 0.15) is 29.6 Å². The van der Waals surface area contributed by atoms with Crippen LogP contribution in [0.2, 0.25) is 5.02 Å². The number of carbonyl (C=O) groups is 1. The zero-order chi connectivity index (χ0) is 13.4. The van der Waals surface area contributed by atoms with Gasteiger partial charge in [-0.3, -0.25) is 4.79 Å². The van der Waals surface area contributed by atoms with Gasteiger partial charge in [0.15, 0.2) is 0 Å². The SMILES string of the molecule is COCCCCCNC(=O)c1c(N)cccc1Cl. The average Bonchev–Trinajstić information content (AvgIpc) is 2.33. The lowest BCUT2D eigenvalue weighted by Gasteiger charge is -2.08. The topological polar surface area (TPSA) is 64.3 Å². The third kappa shape index (κ3) is 4.55. The van der Waals surface area contributed by atoms with Crippen molar-refractivity contribution in [3.05, 3.63) is 28.8 Å². The van der Waals surface area contributed by atoms with Gasteiger partial charge in [-0.05, 0) is 31.4 Å². The molecular formula is C13H19ClN2O2. The lowest BCUT2D eigenvalue weighted by molar-refractivity contribution is 0.0953. The van der Waals surface area contributed by atoms with E-state index in [1.807, 2.05) is 0 Å². The minimum absolute atomic E-state index is 0.218. The highest BCUT2D eigenvalue weighted by atomic mass is 35.5. The molecule has 0 aliphatic heterocycles. The molecule has 5 heteroatoms. The molecule has 3 N–H and O–H groups in total. The van der Waals surface area contributed by atoms with E-state index in [-0.39, 0.29) is 5.91 Å². The first kappa shape index (κ1) is 14.8. The summed E-state index contributed by atoms with van der Waals surface area (Å²) in [4.78, 5) is 11.9. The summed E-state index contributed by atoms with van der Waals surface area (Å²) in [7, 11) is 1.68. The van der Waals surface area contributed by atoms with Crippen LogP contribution >= 0.6 is 11.6 Å². The van der Waals surface area contributed by atoms with Crippen LogP contribution in [0.25, 0.3) is 0 Å². The van der Waals surface area contributed by atoms with E-state index in [0.29, 0.717) is 22.8 Å². The van der Waals surface area contributed by atoms with E-state index in [0.717, 1.165) is 25.9 Å². The fourth-order valence-corrected chi connectivity index (χ4v) is 1.89. The third-order valence-corrected chi connectivity index (χ3v) is 2.90. The molecule has 0 fully saturated rings. The van der Waals surface area contributed by atoms with Gasteiger partial charge in [0.2, 0.25) is 0 Å². The number of nitrogen functional groups attached to an aromatic ring is 1. The number of unbranched alkanes of at least 4 members (excludes halogenated alkanes) is 2. The highest BCUT2D eigenvalue weighted by Gasteiger charge is 2.12. The number of nitrogens with two attached hydrogens (primary N) is 1. The molecule has 1 aromatic carbocycles. The first-order valence-corrected chi connectivity index (χ1v) is 6.35. The van der Waals surface area contributed by atoms with E-state index < -0.39 is 0 Å². The highest BCUT2D eigenvalue weighted by molar-refractivity contribution is 6.34. The first-order valence-electron chi connectivity index (χ1n) is 5.98. The van der Waals surface area contributed by atoms with Crippen molar-refractivity contribution in [2.45, 2.75) is 19.3 Å². The van der Waals surface area contributed by atoms with Crippen molar-refractivity contribution in [2.75, 3.05) is 26.0 Å². The van der Waals surface area contributed by atoms with E-state index in [2.05, 4.69) is 5.32 Å². The van der Waals surface area contributed by atoms with Gasteiger partial charge in [-0.2, -0.15) is 0 Å². The molecule has 18 heavy (non-hydrogen) atoms. The molecular weight excluding hydrogens is 252 g/mol. The number of benzene rings is 1. The number of amides is 1. The first-order chi connectivity index (χ1) is 8.66. The molecule has 0 saturated heterocycles. The Bertz CT molecular complexity index is 376. The normalized spacial score (nSPS) is 10.3. The zero-order valence-corrected chi connectivity index (χ0v) is 11.3. The summed E-state index contributed by atoms with van der Waals surface area (Å²) in [5.74, 6) is -0.218. The number of ether oxygens (including phenoxy) is 1. The molecule has 1 rings (SSSR count). The molecule has 0 spiro atoms. The van der Waals surface area contributed by atoms with Crippen LogP contribution in [0, 0.1) is 0 Å². The number of hydrogen-bond acceptors (Lipinski definition) is 3. The van der Waals surface area contributed by atoms with Crippen LogP contribution in [0.4, 0.5) is 5.69 Å². The summed E-state index contributed by atoms with van der Waals surface area (Å²) in [5.41, 5.74) is 6.49. The van der Waals surface area contributed by atoms with Crippen molar-refractivity contribution < 1.29 is 9.53 Å². The van der Waals surface area contributed by atoms with E-state index in [1.165, 1.54) is 0 Å². The van der Waals surface area contributed by atoms with Gasteiger partial charge >= 0.3 is 0 Å². The summed E-state index contributed by atoms with van der Waals surface area (Å²) >= 11 is 5.95. The fourth-order valence-electron chi connectivity index (χ4n) is 1.62. The number of halogens is 1. The Morgan fingerprint density at radius 2 is 2.17 bits per heavy atom. The Morgan fingerprint density at radius 3 is 2.83 bits per heavy atom. The Hall–Kier alpha value is -1.26. The van der Waals surface area contributed by atoms with E-state index in [9.17, 15) is 4.79 Å². The number of methoxy groups -OCH3 is 1. The summed E-state index contributed by atoms with van der Waals surface area (Å²) < 4.78 is 4.95. The molecule has 0 unspecified atom stereocenters. The number of hydrogen-bond donors (Lipinski definition) is 2. The Morgan fingerprint density at radius 1 is 1.39 bits per heavy atom. The van der Waals surface area contributed by atoms with Crippen molar-refractivity contribution in [2.24, 2.45) is 0 Å². The maximum atomic E-state index is 11.9. The van der Waals surface area contributed by atoms with Gasteiger partial charge in [0.05, 0.1) is 10.6 Å². The van der Waals surface area contributed by atoms with Crippen molar-refractivity contribution in [1.29, 1.82) is 0 Å². The van der Waals surface area contributed by atoms with Crippen LogP contribution < -0.4 is 11.1 Å². The van der Waals surface area contributed by atoms with E-state index in [1.54, 1.807) is 25.3 Å². The van der Waals surface area contributed by atoms with Gasteiger partial charge in [0.1, 0.15) is 0 Å². The number of nitrogens with one attached hydrogen (secondary N) is 1. The molecule has 0 bridgehead atoms. The Labute approximate surface area is 112 Å². The van der Waals surface area contributed by atoms with Crippen molar-refractivity contribution >= 4 is 23.2 Å². The molecule has 0 radical (unpaired) electrons. The molecule has 4 nitrogen and oxygen atoms in total. The Kier molecular flexibility index (Phi) is 6.54. The predicted molar refractivity (Wildman–Crippen MR) is 73.9 cm³/mol. The summed E-state index contributed by atoms with van der Waals surface area (Å²) in [6.07, 6.45) is 2.94. The zero-order valence-electron chi connectivity index (χ0n) is 10.5. The van der Waals surface area contributed by atoms with Gasteiger partial charge in [-0.1, -0.05) is 17.7 Å². The molecule has 100 valence electrons. The number of carbonyl (C=O) groups excluding carboxylic acids is 1. The average molecular weight is 271 g/mol. The van der Waals surface area contributed by atoms with E-state index >= 15 is 0 Å². The standard InChI is InChI=1S/C13H19ClN2O2/c1-18-9-4-2-3-8-16-13(17)12-10(14)6-5-7-11(12)15/h5-7H,2-4,8-9,15H2,1H3,(H,16,17). The van der Waals surface area contributed by atoms with Crippen LogP contribution in [-0.4, -0.2) is 26.2 Å². The molecule has 1 aromatic rings. The van der Waals surface area contributed by atoms with Crippen molar-refractivity contribution in [1.82, 2.24) is 5.32 Å². The second-order valence-electron chi connectivity index (χ2n) is 4.01. The molecule has 0 aliphatic rings. The maximum Gasteiger partial charge on any atom is 0.254 e. The van der Waals surface area contributed by atoms with Crippen molar-refractivity contribution in [3.8, 4) is 0 Å². The molecule has 0 heterocycles. The second-order valence-corrected chi connectivity index (χ2v) is 4.42. The maximum absolute atomic E-state index is 11.9. The predicted octanol–water partition coefficient (Wildman–Crippen LogP) is 2.47. The van der Waals surface area contributed by atoms with Gasteiger partial charge < -0.3 is 15.8 Å². The smallest absolute Gasteiger partial charge is 0.254 e. The lowest BCUT2D eigenvalue weighted by atomic mass is 10.1. The highest BCUT2D eigenvalue weighted by Crippen LogP contribution is 2.21. The van der Waals surface area contributed by atoms with Crippen LogP contribution in [0.5, 0.6) is 0 Å². The van der Waals surface area contributed by atoms with Crippen LogP contribution in [0.15, 0.2) is 18.2 Å². The largest absolute Gasteiger partial charge is 0.398 e. The minimum Gasteiger partial charge on any atom is -0.398 e. The molecule has 0 saturated carbocycles. The van der Waals surface area contributed by atoms with Gasteiger partial charge in [0.25, 0.3) is 5.91 Å². The summed E-state index contributed by atoms with van der Waals surface area (Å²) in [6, 6.07) is 5.05. The van der Waals surface area contributed by atoms with Gasteiger partial charge in [0, 0.05) is 25.9 Å². The minimum atomic E-state index is -0.218. The van der Waals surface area contributed by atoms with Gasteiger partial charge in [-0.15, -0.1) is 0 Å². The van der Waals surface area contributed by atoms with Crippen LogP contribution in [-0.2, 0) is 4.74 Å². The quantitative estimate of drug-likeness (QED) is 0.591. The third-order valence-electron chi connectivity index (χ3n) is 2.58. The summed E-state index contributed by atoms with van der Waals surface area (Å²) in [6.45, 7) is 1.37. The molecule has 0 atom stereocenters. The van der Waals surface area contributed by atoms with E-state index in [4.69, 9.17) is 22.1 Å². The van der Waals surface area contributed by atoms with Crippen LogP contribution in [0.3, 0.4) is 0 Å². The monoisotopic (exact) mass is 270 g/mol. The second kappa shape index (κ2) is 7.95. The summed E-state index contributed by atoms with van der Waals surface area (Å²) in [5, 5.41) is 3.19.